The normalized spacial score (nSPS) is 18.1. The fraction of sp³-hybridized carbons (Fsp3) is 0.610. The third-order valence-corrected chi connectivity index (χ3v) is 8.46. The molecule has 2 amide bonds. The van der Waals surface area contributed by atoms with Gasteiger partial charge in [-0.15, -0.1) is 5.06 Å². The number of nitrogens with one attached hydrogen (secondary N) is 1. The van der Waals surface area contributed by atoms with Crippen LogP contribution in [-0.4, -0.2) is 117 Å². The minimum Gasteiger partial charge on any atom is -0.463 e. The Balaban J connectivity index is 1.79. The lowest BCUT2D eigenvalue weighted by molar-refractivity contribution is -0.197. The van der Waals surface area contributed by atoms with Gasteiger partial charge in [-0.3, -0.25) is 14.7 Å². The molecule has 4 rings (SSSR count). The third kappa shape index (κ3) is 13.3. The predicted octanol–water partition coefficient (Wildman–Crippen LogP) is 7.20. The standard InChI is InChI=1S/C41H56ClFN6O14/c1-13-55-32(50)41(33(51)56-14-2,20-23-16-18-24(19-17-23)45-35(52)57-15-3)58-21-25-28(60-37(54)62-39(7,8)9)26(43)31(59-25)48-22-44-27-29(48)46-34(42)47-30(27)49(63-40(10,11)12)36(53)61-38(4,5)6/h16-19,22,25-26,28,31H,13-15,20-21H2,1-12H3,(H,45,52)/t25-,26+,28-,31-/m1/s1. The van der Waals surface area contributed by atoms with Gasteiger partial charge in [-0.05, 0) is 112 Å². The molecule has 1 fully saturated rings. The van der Waals surface area contributed by atoms with E-state index in [-0.39, 0.29) is 36.8 Å². The number of hydrogen-bond acceptors (Lipinski definition) is 17. The second-order valence-electron chi connectivity index (χ2n) is 17.0. The highest BCUT2D eigenvalue weighted by atomic mass is 35.5. The Bertz CT molecular complexity index is 2080. The number of alkyl halides is 1. The minimum absolute atomic E-state index is 0.0956. The fourth-order valence-electron chi connectivity index (χ4n) is 5.92. The lowest BCUT2D eigenvalue weighted by atomic mass is 9.93. The number of halogens is 2. The van der Waals surface area contributed by atoms with Gasteiger partial charge in [-0.2, -0.15) is 9.97 Å². The topological polar surface area (TPSA) is 227 Å². The van der Waals surface area contributed by atoms with Crippen LogP contribution in [0.3, 0.4) is 0 Å². The average molecular weight is 911 g/mol. The SMILES string of the molecule is CCOC(=O)Nc1ccc(CC(OC[C@H]2O[C@@H](n3cnc4c(N(OC(C)(C)C)C(=O)OC(C)(C)C)nc(Cl)nc43)[C@@H](F)[C@@H]2OC(=O)OC(C)(C)C)(C(=O)OCC)C(=O)OCC)cc1. The first-order valence-corrected chi connectivity index (χ1v) is 20.5. The summed E-state index contributed by atoms with van der Waals surface area (Å²) in [4.78, 5) is 85.1. The van der Waals surface area contributed by atoms with Crippen LogP contribution in [0.5, 0.6) is 0 Å². The van der Waals surface area contributed by atoms with E-state index in [1.165, 1.54) is 38.1 Å². The van der Waals surface area contributed by atoms with E-state index in [1.807, 2.05) is 0 Å². The molecule has 3 aromatic rings. The summed E-state index contributed by atoms with van der Waals surface area (Å²) in [6.07, 6.45) is -9.56. The molecule has 1 saturated heterocycles. The van der Waals surface area contributed by atoms with E-state index in [2.05, 4.69) is 20.3 Å². The zero-order valence-corrected chi connectivity index (χ0v) is 38.2. The van der Waals surface area contributed by atoms with Crippen molar-refractivity contribution in [3.8, 4) is 0 Å². The van der Waals surface area contributed by atoms with Gasteiger partial charge >= 0.3 is 30.3 Å². The van der Waals surface area contributed by atoms with E-state index in [1.54, 1.807) is 69.2 Å². The Kier molecular flexibility index (Phi) is 16.3. The Labute approximate surface area is 369 Å². The highest BCUT2D eigenvalue weighted by Crippen LogP contribution is 2.39. The Morgan fingerprint density at radius 3 is 1.97 bits per heavy atom. The van der Waals surface area contributed by atoms with Crippen molar-refractivity contribution in [2.24, 2.45) is 0 Å². The maximum atomic E-state index is 17.0. The van der Waals surface area contributed by atoms with E-state index < -0.39 is 95.6 Å². The number of benzene rings is 1. The molecular formula is C41H56ClFN6O14. The number of aromatic nitrogens is 4. The first-order chi connectivity index (χ1) is 29.3. The molecule has 348 valence electrons. The number of carbonyl (C=O) groups is 5. The van der Waals surface area contributed by atoms with Gasteiger partial charge in [-0.1, -0.05) is 12.1 Å². The van der Waals surface area contributed by atoms with Gasteiger partial charge in [0.15, 0.2) is 35.5 Å². The van der Waals surface area contributed by atoms with Gasteiger partial charge in [0.05, 0.1) is 38.4 Å². The lowest BCUT2D eigenvalue weighted by Gasteiger charge is -2.31. The summed E-state index contributed by atoms with van der Waals surface area (Å²) in [6.45, 7) is 18.4. The quantitative estimate of drug-likeness (QED) is 0.0523. The van der Waals surface area contributed by atoms with Crippen molar-refractivity contribution in [3.63, 3.8) is 0 Å². The van der Waals surface area contributed by atoms with Crippen LogP contribution >= 0.6 is 11.6 Å². The van der Waals surface area contributed by atoms with E-state index in [9.17, 15) is 24.0 Å². The summed E-state index contributed by atoms with van der Waals surface area (Å²) < 4.78 is 62.5. The van der Waals surface area contributed by atoms with Crippen molar-refractivity contribution in [1.29, 1.82) is 0 Å². The highest BCUT2D eigenvalue weighted by Gasteiger charge is 2.55. The summed E-state index contributed by atoms with van der Waals surface area (Å²) >= 11 is 6.41. The average Bonchev–Trinajstić information content (AvgIpc) is 3.70. The van der Waals surface area contributed by atoms with Crippen LogP contribution < -0.4 is 10.4 Å². The maximum absolute atomic E-state index is 17.0. The fourth-order valence-corrected chi connectivity index (χ4v) is 6.08. The lowest BCUT2D eigenvalue weighted by Crippen LogP contribution is -2.54. The largest absolute Gasteiger partial charge is 0.509 e. The van der Waals surface area contributed by atoms with Gasteiger partial charge in [0.25, 0.3) is 5.60 Å². The van der Waals surface area contributed by atoms with E-state index in [0.29, 0.717) is 11.3 Å². The molecular weight excluding hydrogens is 855 g/mol. The zero-order chi connectivity index (χ0) is 47.1. The van der Waals surface area contributed by atoms with Crippen LogP contribution in [0.2, 0.25) is 5.28 Å². The molecule has 0 aliphatic carbocycles. The number of hydrogen-bond donors (Lipinski definition) is 1. The Morgan fingerprint density at radius 1 is 0.841 bits per heavy atom. The molecule has 22 heteroatoms. The molecule has 63 heavy (non-hydrogen) atoms. The number of imidazole rings is 1. The van der Waals surface area contributed by atoms with Gasteiger partial charge in [0.2, 0.25) is 5.28 Å². The minimum atomic E-state index is -2.51. The maximum Gasteiger partial charge on any atom is 0.509 e. The van der Waals surface area contributed by atoms with Crippen molar-refractivity contribution in [3.05, 3.63) is 41.4 Å². The summed E-state index contributed by atoms with van der Waals surface area (Å²) in [5, 5.41) is 2.91. The number of ether oxygens (including phenoxy) is 8. The predicted molar refractivity (Wildman–Crippen MR) is 223 cm³/mol. The number of esters is 2. The molecule has 0 unspecified atom stereocenters. The molecule has 0 radical (unpaired) electrons. The number of nitrogens with zero attached hydrogens (tertiary/aromatic N) is 5. The summed E-state index contributed by atoms with van der Waals surface area (Å²) in [5.74, 6) is -2.53. The molecule has 4 atom stereocenters. The first kappa shape index (κ1) is 50.3. The van der Waals surface area contributed by atoms with E-state index in [0.717, 1.165) is 16.0 Å². The van der Waals surface area contributed by atoms with Crippen molar-refractivity contribution < 1.29 is 71.1 Å². The van der Waals surface area contributed by atoms with Gasteiger partial charge in [0, 0.05) is 12.1 Å². The Morgan fingerprint density at radius 2 is 1.43 bits per heavy atom. The highest BCUT2D eigenvalue weighted by molar-refractivity contribution is 6.28. The van der Waals surface area contributed by atoms with Crippen LogP contribution in [-0.2, 0) is 58.7 Å². The third-order valence-electron chi connectivity index (χ3n) is 8.29. The second-order valence-corrected chi connectivity index (χ2v) is 17.3. The number of hydroxylamine groups is 1. The van der Waals surface area contributed by atoms with Crippen molar-refractivity contribution in [1.82, 2.24) is 19.5 Å². The number of fused-ring (bicyclic) bond motifs is 1. The molecule has 2 aromatic heterocycles. The van der Waals surface area contributed by atoms with Crippen LogP contribution in [0.15, 0.2) is 30.6 Å². The monoisotopic (exact) mass is 910 g/mol. The van der Waals surface area contributed by atoms with E-state index in [4.69, 9.17) is 54.3 Å². The summed E-state index contributed by atoms with van der Waals surface area (Å²) in [6, 6.07) is 6.06. The second kappa shape index (κ2) is 20.4. The van der Waals surface area contributed by atoms with Gasteiger partial charge in [0.1, 0.15) is 17.3 Å². The number of carbonyl (C=O) groups excluding carboxylic acids is 5. The molecule has 1 N–H and O–H groups in total. The number of anilines is 2. The molecule has 3 heterocycles. The number of rotatable bonds is 15. The van der Waals surface area contributed by atoms with Crippen LogP contribution in [0.25, 0.3) is 11.2 Å². The summed E-state index contributed by atoms with van der Waals surface area (Å²) in [5.41, 5.74) is -5.04. The van der Waals surface area contributed by atoms with Crippen molar-refractivity contribution in [2.75, 3.05) is 36.8 Å². The van der Waals surface area contributed by atoms with Gasteiger partial charge in [-0.25, -0.2) is 33.3 Å². The van der Waals surface area contributed by atoms with E-state index >= 15 is 4.39 Å². The van der Waals surface area contributed by atoms with Crippen LogP contribution in [0, 0.1) is 0 Å². The number of amides is 2. The molecule has 1 aliphatic rings. The van der Waals surface area contributed by atoms with Gasteiger partial charge < -0.3 is 37.9 Å². The smallest absolute Gasteiger partial charge is 0.463 e. The van der Waals surface area contributed by atoms with Crippen molar-refractivity contribution in [2.45, 2.75) is 137 Å². The van der Waals surface area contributed by atoms with Crippen molar-refractivity contribution >= 4 is 64.6 Å². The molecule has 20 nitrogen and oxygen atoms in total. The molecule has 0 saturated carbocycles. The van der Waals surface area contributed by atoms with Crippen LogP contribution in [0.1, 0.15) is 94.9 Å². The molecule has 0 spiro atoms. The van der Waals surface area contributed by atoms with Crippen LogP contribution in [0.4, 0.5) is 30.3 Å². The molecule has 0 bridgehead atoms. The zero-order valence-electron chi connectivity index (χ0n) is 37.4. The molecule has 1 aliphatic heterocycles. The first-order valence-electron chi connectivity index (χ1n) is 20.1. The Hall–Kier alpha value is -5.38. The summed E-state index contributed by atoms with van der Waals surface area (Å²) in [7, 11) is 0. The molecule has 1 aromatic carbocycles.